The fraction of sp³-hybridized carbons (Fsp3) is 0.706. The molecule has 0 aromatic carbocycles. The Morgan fingerprint density at radius 1 is 1.00 bits per heavy atom. The molecular formula is C17H24F3N5O. The predicted molar refractivity (Wildman–Crippen MR) is 90.7 cm³/mol. The second kappa shape index (κ2) is 8.20. The Kier molecular flexibility index (Phi) is 5.95. The van der Waals surface area contributed by atoms with Crippen LogP contribution in [0.15, 0.2) is 12.3 Å². The minimum absolute atomic E-state index is 0.0957. The Morgan fingerprint density at radius 2 is 1.65 bits per heavy atom. The van der Waals surface area contributed by atoms with Crippen molar-refractivity contribution in [3.63, 3.8) is 0 Å². The topological polar surface area (TPSA) is 52.6 Å². The van der Waals surface area contributed by atoms with Gasteiger partial charge in [0.25, 0.3) is 0 Å². The van der Waals surface area contributed by atoms with E-state index in [2.05, 4.69) is 14.9 Å². The lowest BCUT2D eigenvalue weighted by Gasteiger charge is -2.35. The summed E-state index contributed by atoms with van der Waals surface area (Å²) in [4.78, 5) is 25.8. The van der Waals surface area contributed by atoms with Crippen LogP contribution in [-0.4, -0.2) is 71.5 Å². The fourth-order valence-electron chi connectivity index (χ4n) is 3.38. The first-order chi connectivity index (χ1) is 12.4. The molecule has 0 radical (unpaired) electrons. The van der Waals surface area contributed by atoms with E-state index in [1.807, 2.05) is 4.90 Å². The van der Waals surface area contributed by atoms with Crippen LogP contribution in [0.1, 0.15) is 31.4 Å². The fourth-order valence-corrected chi connectivity index (χ4v) is 3.38. The zero-order valence-electron chi connectivity index (χ0n) is 14.7. The summed E-state index contributed by atoms with van der Waals surface area (Å²) >= 11 is 0. The van der Waals surface area contributed by atoms with Gasteiger partial charge in [-0.15, -0.1) is 0 Å². The van der Waals surface area contributed by atoms with Crippen LogP contribution < -0.4 is 4.90 Å². The molecule has 2 aliphatic heterocycles. The van der Waals surface area contributed by atoms with E-state index in [0.717, 1.165) is 38.2 Å². The average molecular weight is 371 g/mol. The Labute approximate surface area is 151 Å². The van der Waals surface area contributed by atoms with Gasteiger partial charge in [0.2, 0.25) is 11.9 Å². The summed E-state index contributed by atoms with van der Waals surface area (Å²) in [6.07, 6.45) is 1.15. The van der Waals surface area contributed by atoms with Gasteiger partial charge >= 0.3 is 6.18 Å². The monoisotopic (exact) mass is 371 g/mol. The minimum atomic E-state index is -4.47. The number of carbonyl (C=O) groups excluding carboxylic acids is 1. The number of anilines is 1. The Hall–Kier alpha value is -1.90. The van der Waals surface area contributed by atoms with Crippen molar-refractivity contribution in [2.75, 3.05) is 50.7 Å². The first-order valence-corrected chi connectivity index (χ1v) is 9.09. The quantitative estimate of drug-likeness (QED) is 0.814. The van der Waals surface area contributed by atoms with Crippen LogP contribution >= 0.6 is 0 Å². The van der Waals surface area contributed by atoms with Gasteiger partial charge in [-0.2, -0.15) is 13.2 Å². The van der Waals surface area contributed by atoms with Crippen LogP contribution in [0.25, 0.3) is 0 Å². The van der Waals surface area contributed by atoms with Crippen molar-refractivity contribution >= 4 is 11.9 Å². The molecular weight excluding hydrogens is 347 g/mol. The van der Waals surface area contributed by atoms with E-state index in [-0.39, 0.29) is 11.9 Å². The molecule has 1 amide bonds. The molecule has 0 unspecified atom stereocenters. The van der Waals surface area contributed by atoms with Crippen LogP contribution in [0.5, 0.6) is 0 Å². The highest BCUT2D eigenvalue weighted by Crippen LogP contribution is 2.28. The third-order valence-corrected chi connectivity index (χ3v) is 4.91. The molecule has 9 heteroatoms. The number of amides is 1. The minimum Gasteiger partial charge on any atom is -0.342 e. The first-order valence-electron chi connectivity index (χ1n) is 9.09. The molecule has 2 aliphatic rings. The number of nitrogens with zero attached hydrogens (tertiary/aromatic N) is 5. The number of aromatic nitrogens is 2. The predicted octanol–water partition coefficient (Wildman–Crippen LogP) is 2.02. The number of hydrogen-bond donors (Lipinski definition) is 0. The van der Waals surface area contributed by atoms with Gasteiger partial charge in [-0.05, 0) is 18.9 Å². The summed E-state index contributed by atoms with van der Waals surface area (Å²) in [6.45, 7) is 4.27. The van der Waals surface area contributed by atoms with Gasteiger partial charge in [0, 0.05) is 45.5 Å². The van der Waals surface area contributed by atoms with Crippen LogP contribution in [0.3, 0.4) is 0 Å². The molecule has 144 valence electrons. The van der Waals surface area contributed by atoms with Crippen LogP contribution in [0.4, 0.5) is 19.1 Å². The van der Waals surface area contributed by atoms with E-state index in [1.54, 1.807) is 4.90 Å². The number of hydrogen-bond acceptors (Lipinski definition) is 5. The third kappa shape index (κ3) is 4.84. The molecule has 0 aliphatic carbocycles. The molecule has 0 N–H and O–H groups in total. The number of halogens is 3. The largest absolute Gasteiger partial charge is 0.433 e. The van der Waals surface area contributed by atoms with Gasteiger partial charge in [-0.3, -0.25) is 9.69 Å². The average Bonchev–Trinajstić information content (AvgIpc) is 2.91. The summed E-state index contributed by atoms with van der Waals surface area (Å²) in [5, 5.41) is 0. The highest BCUT2D eigenvalue weighted by molar-refractivity contribution is 5.78. The van der Waals surface area contributed by atoms with Crippen molar-refractivity contribution in [1.82, 2.24) is 19.8 Å². The van der Waals surface area contributed by atoms with E-state index in [1.165, 1.54) is 12.8 Å². The number of carbonyl (C=O) groups is 1. The smallest absolute Gasteiger partial charge is 0.342 e. The zero-order valence-corrected chi connectivity index (χ0v) is 14.7. The number of likely N-dealkylation sites (tertiary alicyclic amines) is 1. The van der Waals surface area contributed by atoms with Crippen LogP contribution in [0.2, 0.25) is 0 Å². The van der Waals surface area contributed by atoms with Gasteiger partial charge in [-0.1, -0.05) is 12.8 Å². The second-order valence-corrected chi connectivity index (χ2v) is 6.80. The van der Waals surface area contributed by atoms with Gasteiger partial charge in [0.05, 0.1) is 6.54 Å². The molecule has 3 heterocycles. The van der Waals surface area contributed by atoms with Crippen molar-refractivity contribution < 1.29 is 18.0 Å². The normalized spacial score (nSPS) is 20.1. The maximum atomic E-state index is 12.8. The van der Waals surface area contributed by atoms with Crippen LogP contribution in [-0.2, 0) is 11.0 Å². The van der Waals surface area contributed by atoms with E-state index >= 15 is 0 Å². The molecule has 2 saturated heterocycles. The number of rotatable bonds is 3. The molecule has 0 saturated carbocycles. The second-order valence-electron chi connectivity index (χ2n) is 6.80. The lowest BCUT2D eigenvalue weighted by molar-refractivity contribution is -0.141. The molecule has 2 fully saturated rings. The standard InChI is InChI=1S/C17H24F3N5O/c18-17(19,20)14-5-6-21-16(22-14)25-11-9-23(10-12-25)13-15(26)24-7-3-1-2-4-8-24/h5-6H,1-4,7-13H2. The Bertz CT molecular complexity index is 609. The first kappa shape index (κ1) is 18.9. The molecule has 26 heavy (non-hydrogen) atoms. The van der Waals surface area contributed by atoms with Gasteiger partial charge in [0.15, 0.2) is 0 Å². The van der Waals surface area contributed by atoms with E-state index in [0.29, 0.717) is 32.7 Å². The highest BCUT2D eigenvalue weighted by Gasteiger charge is 2.33. The van der Waals surface area contributed by atoms with E-state index < -0.39 is 11.9 Å². The van der Waals surface area contributed by atoms with Gasteiger partial charge < -0.3 is 9.80 Å². The molecule has 0 bridgehead atoms. The lowest BCUT2D eigenvalue weighted by atomic mass is 10.2. The van der Waals surface area contributed by atoms with Crippen molar-refractivity contribution in [3.8, 4) is 0 Å². The third-order valence-electron chi connectivity index (χ3n) is 4.91. The highest BCUT2D eigenvalue weighted by atomic mass is 19.4. The molecule has 0 spiro atoms. The maximum Gasteiger partial charge on any atom is 0.433 e. The number of piperazine rings is 1. The summed E-state index contributed by atoms with van der Waals surface area (Å²) < 4.78 is 38.4. The zero-order chi connectivity index (χ0) is 18.6. The molecule has 0 atom stereocenters. The summed E-state index contributed by atoms with van der Waals surface area (Å²) in [6, 6.07) is 0.875. The molecule has 3 rings (SSSR count). The van der Waals surface area contributed by atoms with Gasteiger partial charge in [-0.25, -0.2) is 9.97 Å². The summed E-state index contributed by atoms with van der Waals surface area (Å²) in [5.41, 5.74) is -0.929. The van der Waals surface area contributed by atoms with Crippen LogP contribution in [0, 0.1) is 0 Å². The maximum absolute atomic E-state index is 12.8. The van der Waals surface area contributed by atoms with Crippen molar-refractivity contribution in [2.24, 2.45) is 0 Å². The Balaban J connectivity index is 1.52. The van der Waals surface area contributed by atoms with Crippen molar-refractivity contribution in [3.05, 3.63) is 18.0 Å². The Morgan fingerprint density at radius 3 is 2.27 bits per heavy atom. The van der Waals surface area contributed by atoms with Gasteiger partial charge in [0.1, 0.15) is 5.69 Å². The molecule has 1 aromatic rings. The van der Waals surface area contributed by atoms with E-state index in [9.17, 15) is 18.0 Å². The summed E-state index contributed by atoms with van der Waals surface area (Å²) in [5.74, 6) is 0.244. The SMILES string of the molecule is O=C(CN1CCN(c2nccc(C(F)(F)F)n2)CC1)N1CCCCCC1. The summed E-state index contributed by atoms with van der Waals surface area (Å²) in [7, 11) is 0. The molecule has 1 aromatic heterocycles. The number of alkyl halides is 3. The van der Waals surface area contributed by atoms with E-state index in [4.69, 9.17) is 0 Å². The van der Waals surface area contributed by atoms with Crippen molar-refractivity contribution in [2.45, 2.75) is 31.9 Å². The van der Waals surface area contributed by atoms with Crippen molar-refractivity contribution in [1.29, 1.82) is 0 Å². The lowest BCUT2D eigenvalue weighted by Crippen LogP contribution is -2.50. The molecule has 6 nitrogen and oxygen atoms in total.